The first kappa shape index (κ1) is 17.9. The van der Waals surface area contributed by atoms with Crippen LogP contribution >= 0.6 is 11.3 Å². The molecule has 0 atom stereocenters. The Morgan fingerprint density at radius 3 is 2.48 bits per heavy atom. The summed E-state index contributed by atoms with van der Waals surface area (Å²) in [6.07, 6.45) is 0. The molecule has 0 saturated heterocycles. The van der Waals surface area contributed by atoms with Crippen molar-refractivity contribution in [1.82, 2.24) is 4.98 Å². The Bertz CT molecular complexity index is 1610. The zero-order valence-electron chi connectivity index (χ0n) is 16.4. The number of nitrogens with zero attached hydrogens (tertiary/aromatic N) is 2. The van der Waals surface area contributed by atoms with Crippen molar-refractivity contribution in [3.63, 3.8) is 0 Å². The molecule has 0 unspecified atom stereocenters. The topological polar surface area (TPSA) is 64.4 Å². The van der Waals surface area contributed by atoms with Gasteiger partial charge in [-0.25, -0.2) is 9.98 Å². The number of anilines is 1. The predicted octanol–water partition coefficient (Wildman–Crippen LogP) is 6.68. The molecule has 5 heteroatoms. The average molecular weight is 420 g/mol. The van der Waals surface area contributed by atoms with Crippen molar-refractivity contribution in [3.05, 3.63) is 96.5 Å². The maximum atomic E-state index is 6.35. The van der Waals surface area contributed by atoms with Crippen molar-refractivity contribution < 1.29 is 4.42 Å². The summed E-state index contributed by atoms with van der Waals surface area (Å²) < 4.78 is 7.49. The lowest BCUT2D eigenvalue weighted by Gasteiger charge is -2.06. The lowest BCUT2D eigenvalue weighted by atomic mass is 10.0. The van der Waals surface area contributed by atoms with Crippen molar-refractivity contribution >= 4 is 54.7 Å². The van der Waals surface area contributed by atoms with Crippen molar-refractivity contribution in [2.45, 2.75) is 0 Å². The standard InChI is InChI=1S/C26H17N3OS/c27-17-10-12-18(13-11-17)28-25-21(26-29-22-7-3-4-8-24(22)31-26)15-20-19-6-2-1-5-16(19)9-14-23(20)30-25/h1-15H,27H2. The molecule has 0 saturated carbocycles. The zero-order chi connectivity index (χ0) is 20.8. The molecule has 4 nitrogen and oxygen atoms in total. The zero-order valence-corrected chi connectivity index (χ0v) is 17.3. The first-order valence-corrected chi connectivity index (χ1v) is 10.8. The molecule has 0 bridgehead atoms. The van der Waals surface area contributed by atoms with Gasteiger partial charge >= 0.3 is 0 Å². The van der Waals surface area contributed by atoms with Crippen LogP contribution in [0.4, 0.5) is 11.4 Å². The molecule has 0 aliphatic rings. The van der Waals surface area contributed by atoms with Crippen LogP contribution in [0.3, 0.4) is 0 Å². The smallest absolute Gasteiger partial charge is 0.230 e. The monoisotopic (exact) mass is 419 g/mol. The largest absolute Gasteiger partial charge is 0.438 e. The lowest BCUT2D eigenvalue weighted by Crippen LogP contribution is -2.05. The number of para-hydroxylation sites is 1. The van der Waals surface area contributed by atoms with Crippen LogP contribution in [-0.4, -0.2) is 4.98 Å². The Labute approximate surface area is 181 Å². The third kappa shape index (κ3) is 3.16. The Morgan fingerprint density at radius 2 is 1.61 bits per heavy atom. The molecule has 6 rings (SSSR count). The number of thiazole rings is 1. The minimum atomic E-state index is 0.534. The molecule has 0 fully saturated rings. The summed E-state index contributed by atoms with van der Waals surface area (Å²) in [5.74, 6) is 0. The second kappa shape index (κ2) is 7.07. The third-order valence-electron chi connectivity index (χ3n) is 5.30. The van der Waals surface area contributed by atoms with Gasteiger partial charge in [0.25, 0.3) is 0 Å². The van der Waals surface area contributed by atoms with Gasteiger partial charge in [0.2, 0.25) is 5.55 Å². The predicted molar refractivity (Wildman–Crippen MR) is 128 cm³/mol. The molecule has 31 heavy (non-hydrogen) atoms. The van der Waals surface area contributed by atoms with Crippen LogP contribution < -0.4 is 11.3 Å². The molecule has 2 heterocycles. The van der Waals surface area contributed by atoms with Gasteiger partial charge in [0, 0.05) is 11.1 Å². The van der Waals surface area contributed by atoms with Crippen molar-refractivity contribution in [2.75, 3.05) is 5.73 Å². The fourth-order valence-electron chi connectivity index (χ4n) is 3.77. The van der Waals surface area contributed by atoms with Crippen molar-refractivity contribution in [2.24, 2.45) is 4.99 Å². The molecule has 6 aromatic rings. The van der Waals surface area contributed by atoms with Crippen LogP contribution in [-0.2, 0) is 0 Å². The number of benzene rings is 4. The Morgan fingerprint density at radius 1 is 0.806 bits per heavy atom. The van der Waals surface area contributed by atoms with Gasteiger partial charge in [-0.05, 0) is 59.3 Å². The molecule has 2 aromatic heterocycles. The van der Waals surface area contributed by atoms with Crippen LogP contribution in [0.1, 0.15) is 0 Å². The van der Waals surface area contributed by atoms with E-state index in [1.807, 2.05) is 60.7 Å². The highest BCUT2D eigenvalue weighted by molar-refractivity contribution is 7.21. The van der Waals surface area contributed by atoms with Crippen LogP contribution in [0.5, 0.6) is 0 Å². The second-order valence-corrected chi connectivity index (χ2v) is 8.38. The number of fused-ring (bicyclic) bond motifs is 4. The molecular formula is C26H17N3OS. The summed E-state index contributed by atoms with van der Waals surface area (Å²) in [5, 5.41) is 4.24. The third-order valence-corrected chi connectivity index (χ3v) is 6.37. The summed E-state index contributed by atoms with van der Waals surface area (Å²) in [7, 11) is 0. The fraction of sp³-hybridized carbons (Fsp3) is 0. The maximum Gasteiger partial charge on any atom is 0.230 e. The van der Waals surface area contributed by atoms with E-state index < -0.39 is 0 Å². The van der Waals surface area contributed by atoms with Gasteiger partial charge < -0.3 is 10.2 Å². The number of nitrogens with two attached hydrogens (primary N) is 1. The van der Waals surface area contributed by atoms with E-state index in [-0.39, 0.29) is 0 Å². The first-order valence-electron chi connectivity index (χ1n) is 9.96. The van der Waals surface area contributed by atoms with E-state index in [0.29, 0.717) is 11.2 Å². The first-order chi connectivity index (χ1) is 15.2. The molecule has 0 aliphatic heterocycles. The van der Waals surface area contributed by atoms with Crippen LogP contribution in [0.2, 0.25) is 0 Å². The molecular weight excluding hydrogens is 402 g/mol. The number of aromatic nitrogens is 1. The number of hydrogen-bond acceptors (Lipinski definition) is 5. The van der Waals surface area contributed by atoms with Crippen LogP contribution in [0.25, 0.3) is 42.5 Å². The fourth-order valence-corrected chi connectivity index (χ4v) is 4.74. The quantitative estimate of drug-likeness (QED) is 0.252. The minimum Gasteiger partial charge on any atom is -0.438 e. The molecule has 2 N–H and O–H groups in total. The van der Waals surface area contributed by atoms with Crippen LogP contribution in [0, 0.1) is 0 Å². The SMILES string of the molecule is Nc1ccc(N=c2oc3ccc4ccccc4c3cc2-c2nc3ccccc3s2)cc1. The summed E-state index contributed by atoms with van der Waals surface area (Å²) in [6, 6.07) is 30.1. The average Bonchev–Trinajstić information content (AvgIpc) is 3.24. The van der Waals surface area contributed by atoms with E-state index in [1.165, 1.54) is 5.39 Å². The molecule has 0 aliphatic carbocycles. The summed E-state index contributed by atoms with van der Waals surface area (Å²) >= 11 is 1.64. The second-order valence-electron chi connectivity index (χ2n) is 7.35. The number of rotatable bonds is 2. The summed E-state index contributed by atoms with van der Waals surface area (Å²) in [5.41, 5.74) is 10.5. The van der Waals surface area contributed by atoms with E-state index >= 15 is 0 Å². The van der Waals surface area contributed by atoms with E-state index in [4.69, 9.17) is 20.1 Å². The van der Waals surface area contributed by atoms with Gasteiger partial charge in [-0.1, -0.05) is 42.5 Å². The summed E-state index contributed by atoms with van der Waals surface area (Å²) in [6.45, 7) is 0. The maximum absolute atomic E-state index is 6.35. The highest BCUT2D eigenvalue weighted by Gasteiger charge is 2.13. The van der Waals surface area contributed by atoms with Crippen molar-refractivity contribution in [1.29, 1.82) is 0 Å². The van der Waals surface area contributed by atoms with Gasteiger partial charge in [0.1, 0.15) is 10.6 Å². The molecule has 4 aromatic carbocycles. The molecule has 0 radical (unpaired) electrons. The summed E-state index contributed by atoms with van der Waals surface area (Å²) in [4.78, 5) is 9.67. The molecule has 148 valence electrons. The lowest BCUT2D eigenvalue weighted by molar-refractivity contribution is 0.548. The molecule has 0 spiro atoms. The highest BCUT2D eigenvalue weighted by Crippen LogP contribution is 2.32. The van der Waals surface area contributed by atoms with E-state index in [2.05, 4.69) is 30.3 Å². The van der Waals surface area contributed by atoms with Crippen molar-refractivity contribution in [3.8, 4) is 10.6 Å². The van der Waals surface area contributed by atoms with Gasteiger partial charge in [-0.2, -0.15) is 0 Å². The Kier molecular flexibility index (Phi) is 4.08. The van der Waals surface area contributed by atoms with Gasteiger partial charge in [0.15, 0.2) is 0 Å². The highest BCUT2D eigenvalue weighted by atomic mass is 32.1. The Hall–Kier alpha value is -3.96. The van der Waals surface area contributed by atoms with Gasteiger partial charge in [-0.15, -0.1) is 11.3 Å². The minimum absolute atomic E-state index is 0.534. The Balaban J connectivity index is 1.69. The number of hydrogen-bond donors (Lipinski definition) is 1. The van der Waals surface area contributed by atoms with Crippen LogP contribution in [0.15, 0.2) is 100 Å². The van der Waals surface area contributed by atoms with Gasteiger partial charge in [0.05, 0.1) is 21.5 Å². The van der Waals surface area contributed by atoms with E-state index in [9.17, 15) is 0 Å². The van der Waals surface area contributed by atoms with E-state index in [1.54, 1.807) is 11.3 Å². The molecule has 0 amide bonds. The number of nitrogen functional groups attached to an aromatic ring is 1. The normalized spacial score (nSPS) is 12.2. The van der Waals surface area contributed by atoms with Gasteiger partial charge in [-0.3, -0.25) is 0 Å². The van der Waals surface area contributed by atoms with E-state index in [0.717, 1.165) is 42.8 Å².